The van der Waals surface area contributed by atoms with Gasteiger partial charge in [-0.2, -0.15) is 0 Å². The van der Waals surface area contributed by atoms with E-state index in [1.54, 1.807) is 0 Å². The van der Waals surface area contributed by atoms with Crippen LogP contribution in [-0.4, -0.2) is 0 Å². The summed E-state index contributed by atoms with van der Waals surface area (Å²) in [6, 6.07) is 0. The van der Waals surface area contributed by atoms with E-state index in [0.29, 0.717) is 0 Å². The Morgan fingerprint density at radius 3 is 2.10 bits per heavy atom. The van der Waals surface area contributed by atoms with Gasteiger partial charge in [0.05, 0.1) is 0 Å². The third-order valence-corrected chi connectivity index (χ3v) is 1.71. The summed E-state index contributed by atoms with van der Waals surface area (Å²) >= 11 is 0. The topological polar surface area (TPSA) is 0 Å². The zero-order chi connectivity index (χ0) is 9.40. The SMILES string of the molecule is [2H]C(C)C([2H])CCCCCCC. The molecule has 10 heavy (non-hydrogen) atoms. The first-order valence-electron chi connectivity index (χ1n) is 5.68. The highest BCUT2D eigenvalue weighted by atomic mass is 13.9. The van der Waals surface area contributed by atoms with Gasteiger partial charge in [0.1, 0.15) is 0 Å². The first-order chi connectivity index (χ1) is 5.68. The normalized spacial score (nSPS) is 19.4. The lowest BCUT2D eigenvalue weighted by atomic mass is 10.1. The van der Waals surface area contributed by atoms with Crippen LogP contribution < -0.4 is 0 Å². The van der Waals surface area contributed by atoms with E-state index in [-0.39, 0.29) is 12.8 Å². The number of hydrogen-bond donors (Lipinski definition) is 0. The molecule has 0 saturated carbocycles. The maximum absolute atomic E-state index is 7.52. The van der Waals surface area contributed by atoms with E-state index in [1.807, 2.05) is 6.92 Å². The molecule has 0 heterocycles. The molecule has 62 valence electrons. The van der Waals surface area contributed by atoms with Crippen LogP contribution in [0.5, 0.6) is 0 Å². The average molecular weight is 144 g/mol. The molecule has 0 amide bonds. The van der Waals surface area contributed by atoms with Crippen molar-refractivity contribution in [3.05, 3.63) is 0 Å². The Kier molecular flexibility index (Phi) is 6.02. The lowest BCUT2D eigenvalue weighted by molar-refractivity contribution is 0.585. The Hall–Kier alpha value is 0. The molecule has 0 aliphatic carbocycles. The fourth-order valence-electron chi connectivity index (χ4n) is 1.03. The smallest absolute Gasteiger partial charge is 0.0266 e. The van der Waals surface area contributed by atoms with Crippen LogP contribution in [0.15, 0.2) is 0 Å². The number of rotatable bonds is 7. The van der Waals surface area contributed by atoms with E-state index in [2.05, 4.69) is 6.92 Å². The highest BCUT2D eigenvalue weighted by molar-refractivity contribution is 4.43. The van der Waals surface area contributed by atoms with E-state index in [0.717, 1.165) is 12.8 Å². The van der Waals surface area contributed by atoms with Crippen LogP contribution >= 0.6 is 0 Å². The maximum atomic E-state index is 7.52. The van der Waals surface area contributed by atoms with Crippen molar-refractivity contribution in [2.75, 3.05) is 0 Å². The summed E-state index contributed by atoms with van der Waals surface area (Å²) < 4.78 is 14.8. The van der Waals surface area contributed by atoms with Crippen molar-refractivity contribution < 1.29 is 2.74 Å². The van der Waals surface area contributed by atoms with E-state index in [9.17, 15) is 0 Å². The van der Waals surface area contributed by atoms with Crippen molar-refractivity contribution in [1.82, 2.24) is 0 Å². The minimum Gasteiger partial charge on any atom is -0.0654 e. The van der Waals surface area contributed by atoms with Crippen molar-refractivity contribution in [2.45, 2.75) is 65.2 Å². The van der Waals surface area contributed by atoms with E-state index >= 15 is 0 Å². The van der Waals surface area contributed by atoms with E-state index in [4.69, 9.17) is 2.74 Å². The fourth-order valence-corrected chi connectivity index (χ4v) is 1.03. The Morgan fingerprint density at radius 1 is 0.900 bits per heavy atom. The molecule has 0 aliphatic rings. The summed E-state index contributed by atoms with van der Waals surface area (Å²) in [5.74, 6) is 0. The van der Waals surface area contributed by atoms with Crippen LogP contribution in [0.3, 0.4) is 0 Å². The molecule has 0 fully saturated rings. The molecule has 0 bridgehead atoms. The molecule has 0 aliphatic heterocycles. The van der Waals surface area contributed by atoms with Crippen molar-refractivity contribution in [3.8, 4) is 0 Å². The van der Waals surface area contributed by atoms with Gasteiger partial charge in [-0.3, -0.25) is 0 Å². The fraction of sp³-hybridized carbons (Fsp3) is 1.00. The van der Waals surface area contributed by atoms with Crippen molar-refractivity contribution in [3.63, 3.8) is 0 Å². The minimum absolute atomic E-state index is 0.161. The summed E-state index contributed by atoms with van der Waals surface area (Å²) in [7, 11) is 0. The summed E-state index contributed by atoms with van der Waals surface area (Å²) in [4.78, 5) is 0. The van der Waals surface area contributed by atoms with Crippen LogP contribution in [0, 0.1) is 0 Å². The minimum atomic E-state index is -0.212. The van der Waals surface area contributed by atoms with Crippen LogP contribution in [0.4, 0.5) is 0 Å². The molecule has 0 aromatic heterocycles. The van der Waals surface area contributed by atoms with Gasteiger partial charge in [-0.25, -0.2) is 0 Å². The molecule has 2 atom stereocenters. The van der Waals surface area contributed by atoms with Gasteiger partial charge in [0.25, 0.3) is 0 Å². The molecule has 2 unspecified atom stereocenters. The van der Waals surface area contributed by atoms with Crippen LogP contribution in [-0.2, 0) is 0 Å². The molecule has 0 spiro atoms. The Morgan fingerprint density at radius 2 is 1.50 bits per heavy atom. The van der Waals surface area contributed by atoms with Crippen molar-refractivity contribution >= 4 is 0 Å². The lowest BCUT2D eigenvalue weighted by Gasteiger charge is -1.97. The quantitative estimate of drug-likeness (QED) is 0.471. The van der Waals surface area contributed by atoms with Gasteiger partial charge in [0, 0.05) is 2.74 Å². The Labute approximate surface area is 68.8 Å². The largest absolute Gasteiger partial charge is 0.0654 e. The van der Waals surface area contributed by atoms with Crippen LogP contribution in [0.1, 0.15) is 67.9 Å². The monoisotopic (exact) mass is 144 g/mol. The molecular formula is C10H22. The summed E-state index contributed by atoms with van der Waals surface area (Å²) in [5.41, 5.74) is 0. The van der Waals surface area contributed by atoms with Crippen LogP contribution in [0.25, 0.3) is 0 Å². The summed E-state index contributed by atoms with van der Waals surface area (Å²) in [6.07, 6.45) is 6.82. The second-order valence-corrected chi connectivity index (χ2v) is 2.77. The van der Waals surface area contributed by atoms with Gasteiger partial charge >= 0.3 is 0 Å². The number of hydrogen-bond acceptors (Lipinski definition) is 0. The molecule has 0 aromatic carbocycles. The van der Waals surface area contributed by atoms with Gasteiger partial charge in [-0.15, -0.1) is 0 Å². The summed E-state index contributed by atoms with van der Waals surface area (Å²) in [5, 5.41) is 0. The molecular weight excluding hydrogens is 120 g/mol. The zero-order valence-electron chi connectivity index (χ0n) is 9.40. The second kappa shape index (κ2) is 9.00. The second-order valence-electron chi connectivity index (χ2n) is 2.77. The predicted octanol–water partition coefficient (Wildman–Crippen LogP) is 4.15. The van der Waals surface area contributed by atoms with Gasteiger partial charge in [-0.05, 0) is 0 Å². The molecule has 0 rings (SSSR count). The molecule has 0 saturated heterocycles. The average Bonchev–Trinajstić information content (AvgIpc) is 2.03. The van der Waals surface area contributed by atoms with E-state index in [1.165, 1.54) is 25.7 Å². The first-order valence-corrected chi connectivity index (χ1v) is 4.53. The van der Waals surface area contributed by atoms with Gasteiger partial charge < -0.3 is 0 Å². The van der Waals surface area contributed by atoms with Gasteiger partial charge in [0.2, 0.25) is 0 Å². The predicted molar refractivity (Wildman–Crippen MR) is 48.3 cm³/mol. The molecule has 0 radical (unpaired) electrons. The van der Waals surface area contributed by atoms with Crippen molar-refractivity contribution in [1.29, 1.82) is 0 Å². The number of unbranched alkanes of at least 4 members (excludes halogenated alkanes) is 4. The van der Waals surface area contributed by atoms with Gasteiger partial charge in [0.15, 0.2) is 0 Å². The Balaban J connectivity index is 3.08. The maximum Gasteiger partial charge on any atom is 0.0266 e. The highest BCUT2D eigenvalue weighted by Crippen LogP contribution is 2.07. The van der Waals surface area contributed by atoms with E-state index < -0.39 is 0 Å². The summed E-state index contributed by atoms with van der Waals surface area (Å²) in [6.45, 7) is 4.02. The van der Waals surface area contributed by atoms with Gasteiger partial charge in [-0.1, -0.05) is 65.2 Å². The molecule has 0 aromatic rings. The zero-order valence-corrected chi connectivity index (χ0v) is 7.40. The molecule has 0 heteroatoms. The van der Waals surface area contributed by atoms with Crippen molar-refractivity contribution in [2.24, 2.45) is 0 Å². The third-order valence-electron chi connectivity index (χ3n) is 1.71. The standard InChI is InChI=1S/C10H22/c1-3-5-7-9-10-8-6-4-2/h3-10H2,1-2H3/i3D,5D. The lowest BCUT2D eigenvalue weighted by Crippen LogP contribution is -1.77. The third kappa shape index (κ3) is 8.00. The Bertz CT molecular complexity index is 91.8. The van der Waals surface area contributed by atoms with Crippen LogP contribution in [0.2, 0.25) is 0 Å². The first kappa shape index (κ1) is 6.69. The molecule has 0 N–H and O–H groups in total. The highest BCUT2D eigenvalue weighted by Gasteiger charge is 1.87. The molecule has 0 nitrogen and oxygen atoms in total.